The number of carbonyl (C=O) groups is 2. The van der Waals surface area contributed by atoms with E-state index in [2.05, 4.69) is 5.32 Å². The van der Waals surface area contributed by atoms with Crippen LogP contribution in [0.4, 0.5) is 0 Å². The predicted molar refractivity (Wildman–Crippen MR) is 140 cm³/mol. The molecule has 1 N–H and O–H groups in total. The van der Waals surface area contributed by atoms with Gasteiger partial charge in [0.25, 0.3) is 0 Å². The van der Waals surface area contributed by atoms with Gasteiger partial charge in [-0.05, 0) is 54.7 Å². The Balaban J connectivity index is 1.58. The van der Waals surface area contributed by atoms with Crippen molar-refractivity contribution in [1.29, 1.82) is 0 Å². The highest BCUT2D eigenvalue weighted by molar-refractivity contribution is 5.88. The van der Waals surface area contributed by atoms with Crippen LogP contribution in [-0.4, -0.2) is 42.5 Å². The van der Waals surface area contributed by atoms with E-state index in [1.807, 2.05) is 86.6 Å². The fourth-order valence-electron chi connectivity index (χ4n) is 4.46. The molecule has 3 aromatic carbocycles. The van der Waals surface area contributed by atoms with Crippen molar-refractivity contribution in [1.82, 2.24) is 10.2 Å². The van der Waals surface area contributed by atoms with E-state index in [4.69, 9.17) is 9.47 Å². The van der Waals surface area contributed by atoms with Gasteiger partial charge in [0.05, 0.1) is 0 Å². The molecular weight excluding hydrogens is 452 g/mol. The summed E-state index contributed by atoms with van der Waals surface area (Å²) in [5.41, 5.74) is 4.15. The lowest BCUT2D eigenvalue weighted by atomic mass is 10.0. The second-order valence-corrected chi connectivity index (χ2v) is 9.03. The van der Waals surface area contributed by atoms with E-state index in [0.29, 0.717) is 44.9 Å². The van der Waals surface area contributed by atoms with Gasteiger partial charge in [0.15, 0.2) is 11.5 Å². The van der Waals surface area contributed by atoms with Gasteiger partial charge in [-0.15, -0.1) is 0 Å². The van der Waals surface area contributed by atoms with Gasteiger partial charge in [0.2, 0.25) is 11.8 Å². The molecule has 0 bridgehead atoms. The van der Waals surface area contributed by atoms with E-state index >= 15 is 0 Å². The number of ether oxygens (including phenoxy) is 2. The quantitative estimate of drug-likeness (QED) is 0.459. The molecule has 1 aliphatic rings. The van der Waals surface area contributed by atoms with Crippen LogP contribution in [0.1, 0.15) is 35.6 Å². The lowest BCUT2D eigenvalue weighted by Gasteiger charge is -2.32. The second-order valence-electron chi connectivity index (χ2n) is 9.03. The number of carbonyl (C=O) groups excluding carboxylic acids is 2. The molecule has 6 heteroatoms. The van der Waals surface area contributed by atoms with Crippen LogP contribution in [0.25, 0.3) is 0 Å². The highest BCUT2D eigenvalue weighted by atomic mass is 16.6. The molecule has 0 spiro atoms. The Kier molecular flexibility index (Phi) is 8.61. The molecular formula is C30H34N2O4. The number of hydrogen-bond acceptors (Lipinski definition) is 4. The fraction of sp³-hybridized carbons (Fsp3) is 0.333. The Labute approximate surface area is 213 Å². The maximum Gasteiger partial charge on any atom is 0.243 e. The average molecular weight is 487 g/mol. The van der Waals surface area contributed by atoms with Crippen molar-refractivity contribution in [2.75, 3.05) is 19.8 Å². The molecule has 36 heavy (non-hydrogen) atoms. The third-order valence-corrected chi connectivity index (χ3v) is 6.46. The SMILES string of the molecule is CCNC(=O)[C@H](Cc1ccccc1)N(Cc1ccccc1C)C(=O)CCc1ccc2c(c1)OCCO2. The summed E-state index contributed by atoms with van der Waals surface area (Å²) < 4.78 is 11.3. The summed E-state index contributed by atoms with van der Waals surface area (Å²) in [6.07, 6.45) is 1.29. The summed E-state index contributed by atoms with van der Waals surface area (Å²) in [5.74, 6) is 1.26. The highest BCUT2D eigenvalue weighted by Crippen LogP contribution is 2.31. The molecule has 0 aliphatic carbocycles. The molecule has 0 fully saturated rings. The van der Waals surface area contributed by atoms with Gasteiger partial charge in [-0.2, -0.15) is 0 Å². The molecule has 2 amide bonds. The fourth-order valence-corrected chi connectivity index (χ4v) is 4.46. The van der Waals surface area contributed by atoms with Crippen LogP contribution in [0.2, 0.25) is 0 Å². The van der Waals surface area contributed by atoms with Gasteiger partial charge in [-0.25, -0.2) is 0 Å². The van der Waals surface area contributed by atoms with Crippen LogP contribution in [0.5, 0.6) is 11.5 Å². The molecule has 188 valence electrons. The van der Waals surface area contributed by atoms with Crippen molar-refractivity contribution in [2.45, 2.75) is 45.7 Å². The van der Waals surface area contributed by atoms with Crippen LogP contribution >= 0.6 is 0 Å². The van der Waals surface area contributed by atoms with Gasteiger partial charge in [-0.1, -0.05) is 60.7 Å². The van der Waals surface area contributed by atoms with Gasteiger partial charge in [0.1, 0.15) is 19.3 Å². The Morgan fingerprint density at radius 2 is 1.64 bits per heavy atom. The van der Waals surface area contributed by atoms with Crippen LogP contribution < -0.4 is 14.8 Å². The van der Waals surface area contributed by atoms with E-state index in [0.717, 1.165) is 28.0 Å². The summed E-state index contributed by atoms with van der Waals surface area (Å²) in [6.45, 7) is 5.88. The van der Waals surface area contributed by atoms with Crippen LogP contribution in [-0.2, 0) is 29.0 Å². The summed E-state index contributed by atoms with van der Waals surface area (Å²) in [7, 11) is 0. The minimum atomic E-state index is -0.611. The van der Waals surface area contributed by atoms with Gasteiger partial charge >= 0.3 is 0 Å². The largest absolute Gasteiger partial charge is 0.486 e. The summed E-state index contributed by atoms with van der Waals surface area (Å²) in [6, 6.07) is 23.1. The molecule has 4 rings (SSSR count). The highest BCUT2D eigenvalue weighted by Gasteiger charge is 2.30. The number of nitrogens with one attached hydrogen (secondary N) is 1. The summed E-state index contributed by atoms with van der Waals surface area (Å²) >= 11 is 0. The molecule has 6 nitrogen and oxygen atoms in total. The molecule has 0 radical (unpaired) electrons. The maximum absolute atomic E-state index is 13.8. The number of likely N-dealkylation sites (N-methyl/N-ethyl adjacent to an activating group) is 1. The lowest BCUT2D eigenvalue weighted by Crippen LogP contribution is -2.50. The van der Waals surface area contributed by atoms with Crippen LogP contribution in [0, 0.1) is 6.92 Å². The zero-order chi connectivity index (χ0) is 25.3. The van der Waals surface area contributed by atoms with Crippen molar-refractivity contribution in [3.8, 4) is 11.5 Å². The Bertz CT molecular complexity index is 1180. The van der Waals surface area contributed by atoms with Gasteiger partial charge in [-0.3, -0.25) is 9.59 Å². The number of hydrogen-bond donors (Lipinski definition) is 1. The number of rotatable bonds is 10. The molecule has 1 atom stereocenters. The van der Waals surface area contributed by atoms with Crippen LogP contribution in [0.3, 0.4) is 0 Å². The monoisotopic (exact) mass is 486 g/mol. The Hall–Kier alpha value is -3.80. The van der Waals surface area contributed by atoms with E-state index in [-0.39, 0.29) is 18.2 Å². The summed E-state index contributed by atoms with van der Waals surface area (Å²) in [4.78, 5) is 28.8. The van der Waals surface area contributed by atoms with E-state index in [9.17, 15) is 9.59 Å². The van der Waals surface area contributed by atoms with Crippen molar-refractivity contribution in [3.63, 3.8) is 0 Å². The lowest BCUT2D eigenvalue weighted by molar-refractivity contribution is -0.141. The third kappa shape index (κ3) is 6.45. The normalized spacial score (nSPS) is 13.1. The first-order valence-electron chi connectivity index (χ1n) is 12.6. The third-order valence-electron chi connectivity index (χ3n) is 6.46. The number of fused-ring (bicyclic) bond motifs is 1. The first kappa shape index (κ1) is 25.3. The number of aryl methyl sites for hydroxylation is 2. The molecule has 0 saturated carbocycles. The van der Waals surface area contributed by atoms with Crippen molar-refractivity contribution < 1.29 is 19.1 Å². The van der Waals surface area contributed by atoms with Crippen LogP contribution in [0.15, 0.2) is 72.8 Å². The molecule has 0 unspecified atom stereocenters. The van der Waals surface area contributed by atoms with Gasteiger partial charge < -0.3 is 19.7 Å². The zero-order valence-corrected chi connectivity index (χ0v) is 21.0. The molecule has 0 saturated heterocycles. The predicted octanol–water partition coefficient (Wildman–Crippen LogP) is 4.48. The minimum absolute atomic E-state index is 0.0553. The van der Waals surface area contributed by atoms with E-state index in [1.54, 1.807) is 4.90 Å². The number of benzene rings is 3. The maximum atomic E-state index is 13.8. The average Bonchev–Trinajstić information content (AvgIpc) is 2.91. The van der Waals surface area contributed by atoms with Crippen molar-refractivity contribution in [3.05, 3.63) is 95.1 Å². The van der Waals surface area contributed by atoms with E-state index in [1.165, 1.54) is 0 Å². The van der Waals surface area contributed by atoms with Crippen molar-refractivity contribution >= 4 is 11.8 Å². The first-order valence-corrected chi connectivity index (χ1v) is 12.6. The van der Waals surface area contributed by atoms with E-state index < -0.39 is 6.04 Å². The Morgan fingerprint density at radius 1 is 0.917 bits per heavy atom. The topological polar surface area (TPSA) is 67.9 Å². The molecule has 0 aromatic heterocycles. The summed E-state index contributed by atoms with van der Waals surface area (Å²) in [5, 5.41) is 2.95. The van der Waals surface area contributed by atoms with Gasteiger partial charge in [0, 0.05) is 25.9 Å². The molecule has 3 aromatic rings. The molecule has 1 heterocycles. The molecule has 1 aliphatic heterocycles. The number of amides is 2. The standard InChI is InChI=1S/C30H34N2O4/c1-3-31-30(34)26(19-23-10-5-4-6-11-23)32(21-25-12-8-7-9-22(25)2)29(33)16-14-24-13-15-27-28(20-24)36-18-17-35-27/h4-13,15,20,26H,3,14,16-19,21H2,1-2H3,(H,31,34)/t26-/m0/s1. The number of nitrogens with zero attached hydrogens (tertiary/aromatic N) is 1. The van der Waals surface area contributed by atoms with Crippen molar-refractivity contribution in [2.24, 2.45) is 0 Å². The zero-order valence-electron chi connectivity index (χ0n) is 21.0. The smallest absolute Gasteiger partial charge is 0.243 e. The minimum Gasteiger partial charge on any atom is -0.486 e. The first-order chi connectivity index (χ1) is 17.5. The second kappa shape index (κ2) is 12.2. The Morgan fingerprint density at radius 3 is 2.39 bits per heavy atom.